The van der Waals surface area contributed by atoms with E-state index >= 15 is 0 Å². The van der Waals surface area contributed by atoms with E-state index in [0.29, 0.717) is 19.3 Å². The predicted octanol–water partition coefficient (Wildman–Crippen LogP) is 25.2. The highest BCUT2D eigenvalue weighted by molar-refractivity contribution is 5.71. The fraction of sp³-hybridized carbons (Fsp3) is 0.805. The first-order valence-electron chi connectivity index (χ1n) is 36.4. The minimum absolute atomic E-state index is 0.0803. The van der Waals surface area contributed by atoms with E-state index in [-0.39, 0.29) is 31.1 Å². The Morgan fingerprint density at radius 3 is 0.687 bits per heavy atom. The van der Waals surface area contributed by atoms with Crippen molar-refractivity contribution in [2.45, 2.75) is 386 Å². The maximum atomic E-state index is 13.0. The van der Waals surface area contributed by atoms with Gasteiger partial charge in [-0.1, -0.05) is 318 Å². The van der Waals surface area contributed by atoms with Gasteiger partial charge in [0, 0.05) is 19.3 Å². The zero-order chi connectivity index (χ0) is 59.9. The molecule has 1 atom stereocenters. The van der Waals surface area contributed by atoms with Crippen molar-refractivity contribution in [3.8, 4) is 0 Å². The van der Waals surface area contributed by atoms with Crippen molar-refractivity contribution < 1.29 is 28.6 Å². The van der Waals surface area contributed by atoms with Crippen molar-refractivity contribution >= 4 is 17.9 Å². The summed E-state index contributed by atoms with van der Waals surface area (Å²) in [4.78, 5) is 38.5. The zero-order valence-electron chi connectivity index (χ0n) is 55.5. The lowest BCUT2D eigenvalue weighted by molar-refractivity contribution is -0.167. The summed E-state index contributed by atoms with van der Waals surface area (Å²) in [5.74, 6) is -0.875. The van der Waals surface area contributed by atoms with E-state index in [9.17, 15) is 14.4 Å². The maximum absolute atomic E-state index is 13.0. The molecular weight excluding hydrogens is 1020 g/mol. The van der Waals surface area contributed by atoms with E-state index in [4.69, 9.17) is 14.2 Å². The van der Waals surface area contributed by atoms with Gasteiger partial charge in [-0.25, -0.2) is 0 Å². The fourth-order valence-corrected chi connectivity index (χ4v) is 10.7. The molecule has 0 fully saturated rings. The number of unbranched alkanes of at least 4 members (excludes halogenated alkanes) is 44. The van der Waals surface area contributed by atoms with Crippen LogP contribution in [-0.2, 0) is 28.6 Å². The Balaban J connectivity index is 4.38. The molecule has 83 heavy (non-hydrogen) atoms. The molecule has 0 N–H and O–H groups in total. The number of ether oxygens (including phenoxy) is 3. The number of hydrogen-bond donors (Lipinski definition) is 0. The average Bonchev–Trinajstić information content (AvgIpc) is 3.49. The quantitative estimate of drug-likeness (QED) is 0.0261. The van der Waals surface area contributed by atoms with Gasteiger partial charge in [0.15, 0.2) is 6.10 Å². The molecule has 0 aliphatic carbocycles. The molecule has 0 saturated carbocycles. The van der Waals surface area contributed by atoms with Crippen LogP contribution in [0.2, 0.25) is 0 Å². The summed E-state index contributed by atoms with van der Waals surface area (Å²) in [7, 11) is 0. The third-order valence-electron chi connectivity index (χ3n) is 16.2. The van der Waals surface area contributed by atoms with Gasteiger partial charge >= 0.3 is 17.9 Å². The Kier molecular flexibility index (Phi) is 68.6. The number of carbonyl (C=O) groups is 3. The topological polar surface area (TPSA) is 78.9 Å². The number of esters is 3. The number of carbonyl (C=O) groups excluding carboxylic acids is 3. The zero-order valence-corrected chi connectivity index (χ0v) is 55.5. The Hall–Kier alpha value is -3.15. The SMILES string of the molecule is CCCCCCC/C=C\C/C=C\C/C=C\CCCCCCCCC(=O)OC(COC(=O)CCCCCCCCCCC/C=C\CCCCCCCCCC)COC(=O)CCCCCCCCCCCCC/C=C\C/C=C\CCCCCCC. The van der Waals surface area contributed by atoms with Crippen LogP contribution < -0.4 is 0 Å². The van der Waals surface area contributed by atoms with Gasteiger partial charge in [0.1, 0.15) is 13.2 Å². The lowest BCUT2D eigenvalue weighted by atomic mass is 10.0. The Morgan fingerprint density at radius 2 is 0.434 bits per heavy atom. The van der Waals surface area contributed by atoms with Crippen molar-refractivity contribution in [3.63, 3.8) is 0 Å². The van der Waals surface area contributed by atoms with Gasteiger partial charge in [-0.15, -0.1) is 0 Å². The molecule has 0 saturated heterocycles. The van der Waals surface area contributed by atoms with Crippen LogP contribution in [0.3, 0.4) is 0 Å². The molecule has 6 nitrogen and oxygen atoms in total. The molecule has 0 aromatic heterocycles. The van der Waals surface area contributed by atoms with Crippen molar-refractivity contribution in [2.24, 2.45) is 0 Å². The highest BCUT2D eigenvalue weighted by atomic mass is 16.6. The number of allylic oxidation sites excluding steroid dienone is 12. The summed E-state index contributed by atoms with van der Waals surface area (Å²) in [6, 6.07) is 0. The van der Waals surface area contributed by atoms with Gasteiger partial charge < -0.3 is 14.2 Å². The van der Waals surface area contributed by atoms with Crippen LogP contribution in [0.15, 0.2) is 72.9 Å². The third kappa shape index (κ3) is 69.5. The van der Waals surface area contributed by atoms with E-state index in [1.54, 1.807) is 0 Å². The minimum atomic E-state index is -0.787. The van der Waals surface area contributed by atoms with E-state index in [0.717, 1.165) is 89.9 Å². The van der Waals surface area contributed by atoms with E-state index in [1.165, 1.54) is 250 Å². The molecule has 0 spiro atoms. The summed E-state index contributed by atoms with van der Waals surface area (Å²) in [6.07, 6.45) is 93.5. The molecule has 1 unspecified atom stereocenters. The van der Waals surface area contributed by atoms with Crippen molar-refractivity contribution in [1.29, 1.82) is 0 Å². The first-order valence-corrected chi connectivity index (χ1v) is 36.4. The van der Waals surface area contributed by atoms with E-state index in [1.807, 2.05) is 0 Å². The van der Waals surface area contributed by atoms with Crippen LogP contribution >= 0.6 is 0 Å². The van der Waals surface area contributed by atoms with Crippen molar-refractivity contribution in [3.05, 3.63) is 72.9 Å². The molecule has 0 aromatic carbocycles. The largest absolute Gasteiger partial charge is 0.462 e. The van der Waals surface area contributed by atoms with Gasteiger partial charge in [0.25, 0.3) is 0 Å². The van der Waals surface area contributed by atoms with Gasteiger partial charge in [-0.3, -0.25) is 14.4 Å². The van der Waals surface area contributed by atoms with Gasteiger partial charge in [-0.05, 0) is 116 Å². The molecule has 0 aliphatic rings. The summed E-state index contributed by atoms with van der Waals surface area (Å²) in [6.45, 7) is 6.66. The third-order valence-corrected chi connectivity index (χ3v) is 16.2. The summed E-state index contributed by atoms with van der Waals surface area (Å²) in [5.41, 5.74) is 0. The van der Waals surface area contributed by atoms with Crippen LogP contribution in [0.5, 0.6) is 0 Å². The van der Waals surface area contributed by atoms with E-state index < -0.39 is 6.10 Å². The Bertz CT molecular complexity index is 1520. The maximum Gasteiger partial charge on any atom is 0.306 e. The van der Waals surface area contributed by atoms with Crippen LogP contribution in [0.1, 0.15) is 380 Å². The van der Waals surface area contributed by atoms with Crippen LogP contribution in [0, 0.1) is 0 Å². The second kappa shape index (κ2) is 71.3. The molecular formula is C77H138O6. The number of hydrogen-bond acceptors (Lipinski definition) is 6. The summed E-state index contributed by atoms with van der Waals surface area (Å²) < 4.78 is 17.0. The first-order chi connectivity index (χ1) is 41.0. The van der Waals surface area contributed by atoms with Crippen LogP contribution in [0.25, 0.3) is 0 Å². The smallest absolute Gasteiger partial charge is 0.306 e. The summed E-state index contributed by atoms with van der Waals surface area (Å²) >= 11 is 0. The second-order valence-corrected chi connectivity index (χ2v) is 24.5. The molecule has 0 rings (SSSR count). The molecule has 0 bridgehead atoms. The van der Waals surface area contributed by atoms with Crippen LogP contribution in [-0.4, -0.2) is 37.2 Å². The monoisotopic (exact) mass is 1160 g/mol. The standard InChI is InChI=1S/C77H138O6/c1-4-7-10-13-16-19-22-25-28-31-34-37-38-41-43-46-49-52-55-58-61-64-67-70-76(79)82-73-74(83-77(80)71-68-65-62-59-56-53-50-47-44-40-36-33-30-27-24-21-18-15-12-9-6-3)72-81-75(78)69-66-63-60-57-54-51-48-45-42-39-35-32-29-26-23-20-17-14-11-8-5-2/h22,24-25,27,31-36,44,47,74H,4-21,23,26,28-30,37-43,45-46,48-73H2,1-3H3/b25-22-,27-24-,34-31-,35-32-,36-33-,47-44-. The van der Waals surface area contributed by atoms with Crippen molar-refractivity contribution in [2.75, 3.05) is 13.2 Å². The molecule has 6 heteroatoms. The molecule has 0 heterocycles. The molecule has 0 amide bonds. The van der Waals surface area contributed by atoms with E-state index in [2.05, 4.69) is 93.7 Å². The highest BCUT2D eigenvalue weighted by Gasteiger charge is 2.19. The minimum Gasteiger partial charge on any atom is -0.462 e. The second-order valence-electron chi connectivity index (χ2n) is 24.5. The average molecular weight is 1160 g/mol. The molecule has 0 aromatic rings. The number of rotatable bonds is 67. The predicted molar refractivity (Wildman–Crippen MR) is 362 cm³/mol. The molecule has 482 valence electrons. The normalized spacial score (nSPS) is 12.5. The first kappa shape index (κ1) is 79.8. The molecule has 0 aliphatic heterocycles. The fourth-order valence-electron chi connectivity index (χ4n) is 10.7. The molecule has 0 radical (unpaired) electrons. The summed E-state index contributed by atoms with van der Waals surface area (Å²) in [5, 5.41) is 0. The lowest BCUT2D eigenvalue weighted by Crippen LogP contribution is -2.30. The Labute approximate surface area is 516 Å². The van der Waals surface area contributed by atoms with Crippen molar-refractivity contribution in [1.82, 2.24) is 0 Å². The van der Waals surface area contributed by atoms with Crippen LogP contribution in [0.4, 0.5) is 0 Å². The highest BCUT2D eigenvalue weighted by Crippen LogP contribution is 2.17. The van der Waals surface area contributed by atoms with Gasteiger partial charge in [0.2, 0.25) is 0 Å². The Morgan fingerprint density at radius 1 is 0.241 bits per heavy atom. The van der Waals surface area contributed by atoms with Gasteiger partial charge in [-0.2, -0.15) is 0 Å². The van der Waals surface area contributed by atoms with Gasteiger partial charge in [0.05, 0.1) is 0 Å². The lowest BCUT2D eigenvalue weighted by Gasteiger charge is -2.18.